The van der Waals surface area contributed by atoms with Crippen LogP contribution in [0.1, 0.15) is 18.9 Å². The number of hydrogen-bond donors (Lipinski definition) is 2. The number of primary amides is 1. The summed E-state index contributed by atoms with van der Waals surface area (Å²) < 4.78 is 0. The van der Waals surface area contributed by atoms with Gasteiger partial charge in [-0.1, -0.05) is 13.0 Å². The third kappa shape index (κ3) is 4.00. The van der Waals surface area contributed by atoms with Crippen LogP contribution in [0.2, 0.25) is 0 Å². The number of amides is 1. The van der Waals surface area contributed by atoms with Crippen molar-refractivity contribution in [3.63, 3.8) is 0 Å². The van der Waals surface area contributed by atoms with Gasteiger partial charge in [0.15, 0.2) is 0 Å². The van der Waals surface area contributed by atoms with Crippen LogP contribution in [0.4, 0.5) is 5.69 Å². The summed E-state index contributed by atoms with van der Waals surface area (Å²) in [6.07, 6.45) is 0.260. The molecule has 0 radical (unpaired) electrons. The number of hydrogen-bond acceptors (Lipinski definition) is 4. The van der Waals surface area contributed by atoms with E-state index >= 15 is 0 Å². The third-order valence-corrected chi connectivity index (χ3v) is 3.06. The van der Waals surface area contributed by atoms with Crippen LogP contribution >= 0.6 is 11.8 Å². The second kappa shape index (κ2) is 6.81. The second-order valence-electron chi connectivity index (χ2n) is 3.37. The molecule has 5 heteroatoms. The lowest BCUT2D eigenvalue weighted by molar-refractivity contribution is -0.117. The standard InChI is InChI=1S/C12H15N3OS/c1-2-17-11-5-3-4-10(9(11)8-13)15-7-6-12(14)16/h3-5,15H,2,6-7H2,1H3,(H2,14,16). The molecule has 0 unspecified atom stereocenters. The Bertz CT molecular complexity index is 440. The number of nitrogens with two attached hydrogens (primary N) is 1. The van der Waals surface area contributed by atoms with Crippen LogP contribution in [-0.4, -0.2) is 18.2 Å². The van der Waals surface area contributed by atoms with Crippen molar-refractivity contribution >= 4 is 23.4 Å². The van der Waals surface area contributed by atoms with Gasteiger partial charge in [0.2, 0.25) is 5.91 Å². The van der Waals surface area contributed by atoms with Crippen molar-refractivity contribution < 1.29 is 4.79 Å². The molecule has 0 bridgehead atoms. The van der Waals surface area contributed by atoms with Crippen LogP contribution in [0.15, 0.2) is 23.1 Å². The Morgan fingerprint density at radius 3 is 2.94 bits per heavy atom. The zero-order valence-corrected chi connectivity index (χ0v) is 10.5. The molecule has 1 rings (SSSR count). The van der Waals surface area contributed by atoms with Crippen molar-refractivity contribution in [2.45, 2.75) is 18.2 Å². The molecule has 0 saturated heterocycles. The van der Waals surface area contributed by atoms with Crippen molar-refractivity contribution in [3.8, 4) is 6.07 Å². The lowest BCUT2D eigenvalue weighted by atomic mass is 10.2. The van der Waals surface area contributed by atoms with E-state index in [2.05, 4.69) is 11.4 Å². The van der Waals surface area contributed by atoms with Gasteiger partial charge in [-0.25, -0.2) is 0 Å². The summed E-state index contributed by atoms with van der Waals surface area (Å²) in [5.74, 6) is 0.564. The van der Waals surface area contributed by atoms with E-state index in [0.717, 1.165) is 16.3 Å². The van der Waals surface area contributed by atoms with Crippen LogP contribution in [-0.2, 0) is 4.79 Å². The van der Waals surface area contributed by atoms with E-state index in [1.54, 1.807) is 11.8 Å². The topological polar surface area (TPSA) is 78.9 Å². The van der Waals surface area contributed by atoms with Gasteiger partial charge in [-0.15, -0.1) is 11.8 Å². The Balaban J connectivity index is 2.81. The molecular formula is C12H15N3OS. The first-order chi connectivity index (χ1) is 8.19. The van der Waals surface area contributed by atoms with Gasteiger partial charge < -0.3 is 11.1 Å². The molecule has 3 N–H and O–H groups in total. The molecule has 0 atom stereocenters. The minimum atomic E-state index is -0.352. The SMILES string of the molecule is CCSc1cccc(NCCC(N)=O)c1C#N. The number of nitrogens with one attached hydrogen (secondary N) is 1. The molecule has 17 heavy (non-hydrogen) atoms. The average Bonchev–Trinajstić information content (AvgIpc) is 2.29. The van der Waals surface area contributed by atoms with E-state index in [-0.39, 0.29) is 12.3 Å². The van der Waals surface area contributed by atoms with Gasteiger partial charge in [0.1, 0.15) is 6.07 Å². The minimum absolute atomic E-state index is 0.260. The summed E-state index contributed by atoms with van der Waals surface area (Å²) in [4.78, 5) is 11.6. The van der Waals surface area contributed by atoms with Crippen LogP contribution in [0.25, 0.3) is 0 Å². The van der Waals surface area contributed by atoms with E-state index < -0.39 is 0 Å². The zero-order valence-electron chi connectivity index (χ0n) is 9.69. The van der Waals surface area contributed by atoms with Gasteiger partial charge in [0, 0.05) is 17.9 Å². The molecule has 90 valence electrons. The van der Waals surface area contributed by atoms with E-state index in [1.807, 2.05) is 25.1 Å². The first-order valence-corrected chi connectivity index (χ1v) is 6.35. The van der Waals surface area contributed by atoms with Crippen molar-refractivity contribution in [2.75, 3.05) is 17.6 Å². The highest BCUT2D eigenvalue weighted by molar-refractivity contribution is 7.99. The molecule has 0 spiro atoms. The van der Waals surface area contributed by atoms with Gasteiger partial charge in [-0.2, -0.15) is 5.26 Å². The van der Waals surface area contributed by atoms with Crippen LogP contribution < -0.4 is 11.1 Å². The Hall–Kier alpha value is -1.67. The lowest BCUT2D eigenvalue weighted by Gasteiger charge is -2.10. The molecule has 0 fully saturated rings. The summed E-state index contributed by atoms with van der Waals surface area (Å²) in [7, 11) is 0. The molecule has 4 nitrogen and oxygen atoms in total. The molecule has 0 aromatic heterocycles. The molecule has 0 aliphatic carbocycles. The van der Waals surface area contributed by atoms with Crippen molar-refractivity contribution in [2.24, 2.45) is 5.73 Å². The summed E-state index contributed by atoms with van der Waals surface area (Å²) in [6, 6.07) is 7.84. The van der Waals surface area contributed by atoms with Gasteiger partial charge in [-0.05, 0) is 17.9 Å². The smallest absolute Gasteiger partial charge is 0.219 e. The highest BCUT2D eigenvalue weighted by atomic mass is 32.2. The first-order valence-electron chi connectivity index (χ1n) is 5.37. The monoisotopic (exact) mass is 249 g/mol. The van der Waals surface area contributed by atoms with Crippen LogP contribution in [0.5, 0.6) is 0 Å². The number of nitrogens with zero attached hydrogens (tertiary/aromatic N) is 1. The van der Waals surface area contributed by atoms with E-state index in [0.29, 0.717) is 12.1 Å². The fraction of sp³-hybridized carbons (Fsp3) is 0.333. The zero-order chi connectivity index (χ0) is 12.7. The maximum Gasteiger partial charge on any atom is 0.219 e. The maximum atomic E-state index is 10.6. The number of nitriles is 1. The highest BCUT2D eigenvalue weighted by Gasteiger charge is 2.07. The third-order valence-electron chi connectivity index (χ3n) is 2.12. The molecule has 1 amide bonds. The summed E-state index contributed by atoms with van der Waals surface area (Å²) >= 11 is 1.63. The normalized spacial score (nSPS) is 9.65. The average molecular weight is 249 g/mol. The van der Waals surface area contributed by atoms with E-state index in [4.69, 9.17) is 11.0 Å². The quantitative estimate of drug-likeness (QED) is 0.755. The van der Waals surface area contributed by atoms with Gasteiger partial charge in [0.05, 0.1) is 11.3 Å². The summed E-state index contributed by atoms with van der Waals surface area (Å²) in [5, 5.41) is 12.2. The fourth-order valence-electron chi connectivity index (χ4n) is 1.39. The van der Waals surface area contributed by atoms with Crippen molar-refractivity contribution in [1.29, 1.82) is 5.26 Å². The van der Waals surface area contributed by atoms with Gasteiger partial charge in [-0.3, -0.25) is 4.79 Å². The molecule has 0 saturated carbocycles. The molecule has 0 heterocycles. The fourth-order valence-corrected chi connectivity index (χ4v) is 2.18. The Morgan fingerprint density at radius 2 is 2.35 bits per heavy atom. The Labute approximate surface area is 105 Å². The van der Waals surface area contributed by atoms with Gasteiger partial charge >= 0.3 is 0 Å². The molecule has 0 aliphatic heterocycles. The van der Waals surface area contributed by atoms with E-state index in [1.165, 1.54) is 0 Å². The van der Waals surface area contributed by atoms with Gasteiger partial charge in [0.25, 0.3) is 0 Å². The van der Waals surface area contributed by atoms with Crippen LogP contribution in [0, 0.1) is 11.3 Å². The summed E-state index contributed by atoms with van der Waals surface area (Å²) in [5.41, 5.74) is 6.44. The number of carbonyl (C=O) groups is 1. The number of anilines is 1. The summed E-state index contributed by atoms with van der Waals surface area (Å²) in [6.45, 7) is 2.49. The number of rotatable bonds is 6. The number of carbonyl (C=O) groups excluding carboxylic acids is 1. The molecule has 1 aromatic rings. The molecule has 1 aromatic carbocycles. The highest BCUT2D eigenvalue weighted by Crippen LogP contribution is 2.27. The van der Waals surface area contributed by atoms with E-state index in [9.17, 15) is 4.79 Å². The van der Waals surface area contributed by atoms with Crippen molar-refractivity contribution in [3.05, 3.63) is 23.8 Å². The molecular weight excluding hydrogens is 234 g/mol. The minimum Gasteiger partial charge on any atom is -0.383 e. The number of benzene rings is 1. The predicted molar refractivity (Wildman–Crippen MR) is 69.9 cm³/mol. The second-order valence-corrected chi connectivity index (χ2v) is 4.67. The Morgan fingerprint density at radius 1 is 1.59 bits per heavy atom. The molecule has 0 aliphatic rings. The Kier molecular flexibility index (Phi) is 5.37. The first kappa shape index (κ1) is 13.4. The lowest BCUT2D eigenvalue weighted by Crippen LogP contribution is -2.16. The number of thioether (sulfide) groups is 1. The van der Waals surface area contributed by atoms with Crippen molar-refractivity contribution in [1.82, 2.24) is 0 Å². The maximum absolute atomic E-state index is 10.6. The largest absolute Gasteiger partial charge is 0.383 e. The predicted octanol–water partition coefficient (Wildman–Crippen LogP) is 1.96. The van der Waals surface area contributed by atoms with Crippen LogP contribution in [0.3, 0.4) is 0 Å².